The summed E-state index contributed by atoms with van der Waals surface area (Å²) >= 11 is 0. The first-order chi connectivity index (χ1) is 13.6. The summed E-state index contributed by atoms with van der Waals surface area (Å²) in [6, 6.07) is 20.6. The van der Waals surface area contributed by atoms with E-state index in [4.69, 9.17) is 9.15 Å². The second-order valence-electron chi connectivity index (χ2n) is 6.21. The molecule has 6 heteroatoms. The van der Waals surface area contributed by atoms with E-state index >= 15 is 0 Å². The van der Waals surface area contributed by atoms with Gasteiger partial charge in [0.1, 0.15) is 24.2 Å². The predicted molar refractivity (Wildman–Crippen MR) is 105 cm³/mol. The number of hydrogen-bond donors (Lipinski definition) is 0. The molecule has 0 spiro atoms. The third kappa shape index (κ3) is 3.48. The van der Waals surface area contributed by atoms with Crippen LogP contribution in [-0.4, -0.2) is 4.92 Å². The summed E-state index contributed by atoms with van der Waals surface area (Å²) in [6.45, 7) is 0.246. The van der Waals surface area contributed by atoms with Crippen molar-refractivity contribution in [2.24, 2.45) is 0 Å². The van der Waals surface area contributed by atoms with Crippen molar-refractivity contribution in [3.63, 3.8) is 0 Å². The molecule has 0 radical (unpaired) electrons. The summed E-state index contributed by atoms with van der Waals surface area (Å²) in [7, 11) is 0. The highest BCUT2D eigenvalue weighted by Gasteiger charge is 2.10. The van der Waals surface area contributed by atoms with Gasteiger partial charge in [0.2, 0.25) is 0 Å². The van der Waals surface area contributed by atoms with Gasteiger partial charge in [0.15, 0.2) is 5.43 Å². The number of benzene rings is 3. The van der Waals surface area contributed by atoms with Gasteiger partial charge in [0.05, 0.1) is 15.9 Å². The molecule has 0 aliphatic carbocycles. The summed E-state index contributed by atoms with van der Waals surface area (Å²) in [5, 5.41) is 11.2. The van der Waals surface area contributed by atoms with Crippen LogP contribution in [0.1, 0.15) is 5.56 Å². The number of nitrogens with zero attached hydrogens (tertiary/aromatic N) is 1. The summed E-state index contributed by atoms with van der Waals surface area (Å²) in [4.78, 5) is 23.0. The van der Waals surface area contributed by atoms with Crippen LogP contribution in [0.5, 0.6) is 5.75 Å². The molecule has 6 nitrogen and oxygen atoms in total. The quantitative estimate of drug-likeness (QED) is 0.365. The lowest BCUT2D eigenvalue weighted by atomic mass is 10.1. The third-order valence-electron chi connectivity index (χ3n) is 4.38. The minimum Gasteiger partial charge on any atom is -0.489 e. The fourth-order valence-electron chi connectivity index (χ4n) is 2.90. The Morgan fingerprint density at radius 1 is 0.964 bits per heavy atom. The molecule has 0 saturated carbocycles. The van der Waals surface area contributed by atoms with Crippen molar-refractivity contribution in [3.05, 3.63) is 105 Å². The van der Waals surface area contributed by atoms with Crippen LogP contribution in [-0.2, 0) is 6.61 Å². The third-order valence-corrected chi connectivity index (χ3v) is 4.38. The lowest BCUT2D eigenvalue weighted by molar-refractivity contribution is -0.384. The van der Waals surface area contributed by atoms with Crippen molar-refractivity contribution in [3.8, 4) is 16.9 Å². The number of rotatable bonds is 5. The zero-order valence-electron chi connectivity index (χ0n) is 14.7. The highest BCUT2D eigenvalue weighted by molar-refractivity contribution is 5.82. The van der Waals surface area contributed by atoms with E-state index in [0.717, 1.165) is 11.1 Å². The van der Waals surface area contributed by atoms with E-state index in [2.05, 4.69) is 0 Å². The van der Waals surface area contributed by atoms with Gasteiger partial charge in [-0.15, -0.1) is 0 Å². The minimum atomic E-state index is -0.445. The maximum absolute atomic E-state index is 12.8. The molecule has 0 unspecified atom stereocenters. The molecule has 0 saturated heterocycles. The van der Waals surface area contributed by atoms with E-state index in [0.29, 0.717) is 22.3 Å². The average Bonchev–Trinajstić information content (AvgIpc) is 2.73. The molecule has 0 fully saturated rings. The number of fused-ring (bicyclic) bond motifs is 1. The normalized spacial score (nSPS) is 10.7. The van der Waals surface area contributed by atoms with Gasteiger partial charge in [0.25, 0.3) is 5.69 Å². The van der Waals surface area contributed by atoms with Crippen molar-refractivity contribution in [1.82, 2.24) is 0 Å². The predicted octanol–water partition coefficient (Wildman–Crippen LogP) is 4.95. The number of non-ortho nitro benzene ring substituents is 1. The number of nitro groups is 1. The topological polar surface area (TPSA) is 82.6 Å². The minimum absolute atomic E-state index is 0.0328. The fraction of sp³-hybridized carbons (Fsp3) is 0.0455. The van der Waals surface area contributed by atoms with Crippen LogP contribution in [0.15, 0.2) is 88.3 Å². The molecule has 0 N–H and O–H groups in total. The van der Waals surface area contributed by atoms with Crippen LogP contribution in [0.2, 0.25) is 0 Å². The lowest BCUT2D eigenvalue weighted by Gasteiger charge is -2.08. The zero-order chi connectivity index (χ0) is 19.5. The van der Waals surface area contributed by atoms with Crippen LogP contribution < -0.4 is 10.2 Å². The molecule has 0 aliphatic rings. The molecule has 1 aromatic heterocycles. The lowest BCUT2D eigenvalue weighted by Crippen LogP contribution is -2.05. The first-order valence-electron chi connectivity index (χ1n) is 8.59. The van der Waals surface area contributed by atoms with E-state index in [1.807, 2.05) is 30.3 Å². The van der Waals surface area contributed by atoms with Gasteiger partial charge < -0.3 is 9.15 Å². The summed E-state index contributed by atoms with van der Waals surface area (Å²) in [6.07, 6.45) is 1.46. The van der Waals surface area contributed by atoms with Crippen molar-refractivity contribution >= 4 is 16.7 Å². The van der Waals surface area contributed by atoms with Crippen molar-refractivity contribution in [2.45, 2.75) is 6.61 Å². The monoisotopic (exact) mass is 373 g/mol. The largest absolute Gasteiger partial charge is 0.489 e. The second-order valence-corrected chi connectivity index (χ2v) is 6.21. The molecule has 28 heavy (non-hydrogen) atoms. The van der Waals surface area contributed by atoms with E-state index in [-0.39, 0.29) is 17.7 Å². The highest BCUT2D eigenvalue weighted by Crippen LogP contribution is 2.24. The SMILES string of the molecule is O=c1c(-c2ccccc2)coc2cc(OCc3ccc([N+](=O)[O-])cc3)ccc12. The smallest absolute Gasteiger partial charge is 0.269 e. The Kier molecular flexibility index (Phi) is 4.60. The number of ether oxygens (including phenoxy) is 1. The maximum atomic E-state index is 12.8. The van der Waals surface area contributed by atoms with Gasteiger partial charge in [-0.25, -0.2) is 0 Å². The molecule has 0 atom stereocenters. The van der Waals surface area contributed by atoms with Crippen LogP contribution in [0.25, 0.3) is 22.1 Å². The van der Waals surface area contributed by atoms with Crippen LogP contribution in [0.3, 0.4) is 0 Å². The van der Waals surface area contributed by atoms with Gasteiger partial charge in [-0.1, -0.05) is 30.3 Å². The standard InChI is InChI=1S/C22H15NO5/c24-22-19-11-10-18(27-13-15-6-8-17(9-7-15)23(25)26)12-21(19)28-14-20(22)16-4-2-1-3-5-16/h1-12,14H,13H2. The Hall–Kier alpha value is -3.93. The van der Waals surface area contributed by atoms with Crippen molar-refractivity contribution in [1.29, 1.82) is 0 Å². The Labute approximate surface area is 159 Å². The van der Waals surface area contributed by atoms with E-state index in [1.165, 1.54) is 18.4 Å². The highest BCUT2D eigenvalue weighted by atomic mass is 16.6. The number of hydrogen-bond acceptors (Lipinski definition) is 5. The molecular weight excluding hydrogens is 358 g/mol. The average molecular weight is 373 g/mol. The van der Waals surface area contributed by atoms with Crippen LogP contribution in [0.4, 0.5) is 5.69 Å². The second kappa shape index (κ2) is 7.36. The van der Waals surface area contributed by atoms with Crippen LogP contribution >= 0.6 is 0 Å². The Balaban J connectivity index is 1.56. The summed E-state index contributed by atoms with van der Waals surface area (Å²) in [5.41, 5.74) is 2.47. The van der Waals surface area contributed by atoms with Gasteiger partial charge >= 0.3 is 0 Å². The zero-order valence-corrected chi connectivity index (χ0v) is 14.7. The van der Waals surface area contributed by atoms with E-state index in [9.17, 15) is 14.9 Å². The molecule has 4 rings (SSSR count). The molecule has 4 aromatic rings. The molecular formula is C22H15NO5. The Bertz CT molecular complexity index is 1200. The van der Waals surface area contributed by atoms with Crippen molar-refractivity contribution < 1.29 is 14.1 Å². The van der Waals surface area contributed by atoms with Gasteiger partial charge in [-0.2, -0.15) is 0 Å². The summed E-state index contributed by atoms with van der Waals surface area (Å²) < 4.78 is 11.4. The van der Waals surface area contributed by atoms with Gasteiger partial charge in [-0.05, 0) is 35.4 Å². The van der Waals surface area contributed by atoms with E-state index < -0.39 is 4.92 Å². The maximum Gasteiger partial charge on any atom is 0.269 e. The molecule has 0 amide bonds. The number of nitro benzene ring substituents is 1. The van der Waals surface area contributed by atoms with Crippen LogP contribution in [0, 0.1) is 10.1 Å². The van der Waals surface area contributed by atoms with Gasteiger partial charge in [-0.3, -0.25) is 14.9 Å². The Morgan fingerprint density at radius 3 is 2.43 bits per heavy atom. The first kappa shape index (κ1) is 17.5. The fourth-order valence-corrected chi connectivity index (χ4v) is 2.90. The van der Waals surface area contributed by atoms with Crippen molar-refractivity contribution in [2.75, 3.05) is 0 Å². The first-order valence-corrected chi connectivity index (χ1v) is 8.59. The molecule has 3 aromatic carbocycles. The van der Waals surface area contributed by atoms with Gasteiger partial charge in [0, 0.05) is 18.2 Å². The van der Waals surface area contributed by atoms with E-state index in [1.54, 1.807) is 30.3 Å². The molecule has 0 aliphatic heterocycles. The Morgan fingerprint density at radius 2 is 1.71 bits per heavy atom. The summed E-state index contributed by atoms with van der Waals surface area (Å²) in [5.74, 6) is 0.543. The molecule has 138 valence electrons. The molecule has 1 heterocycles. The molecule has 0 bridgehead atoms.